The Bertz CT molecular complexity index is 893. The molecule has 5 nitrogen and oxygen atoms in total. The van der Waals surface area contributed by atoms with Gasteiger partial charge >= 0.3 is 0 Å². The van der Waals surface area contributed by atoms with E-state index in [1.54, 1.807) is 12.3 Å². The van der Waals surface area contributed by atoms with E-state index in [0.29, 0.717) is 22.4 Å². The van der Waals surface area contributed by atoms with Crippen molar-refractivity contribution < 1.29 is 4.79 Å². The van der Waals surface area contributed by atoms with Gasteiger partial charge in [-0.25, -0.2) is 4.98 Å². The third-order valence-corrected chi connectivity index (χ3v) is 7.77. The van der Waals surface area contributed by atoms with Crippen LogP contribution in [-0.4, -0.2) is 59.5 Å². The van der Waals surface area contributed by atoms with E-state index in [2.05, 4.69) is 38.9 Å². The molecule has 0 bridgehead atoms. The average molecular weight is 459 g/mol. The zero-order valence-electron chi connectivity index (χ0n) is 18.3. The van der Waals surface area contributed by atoms with Crippen molar-refractivity contribution in [2.45, 2.75) is 44.7 Å². The lowest BCUT2D eigenvalue weighted by Crippen LogP contribution is -2.48. The maximum absolute atomic E-state index is 13.1. The van der Waals surface area contributed by atoms with Gasteiger partial charge in [0, 0.05) is 49.1 Å². The number of anilines is 2. The fourth-order valence-electron chi connectivity index (χ4n) is 4.61. The second kappa shape index (κ2) is 10.2. The topological polar surface area (TPSA) is 48.5 Å². The smallest absolute Gasteiger partial charge is 0.258 e. The summed E-state index contributed by atoms with van der Waals surface area (Å²) in [5.41, 5.74) is 2.56. The van der Waals surface area contributed by atoms with Crippen LogP contribution in [0.15, 0.2) is 36.5 Å². The molecule has 1 amide bonds. The van der Waals surface area contributed by atoms with Gasteiger partial charge < -0.3 is 15.1 Å². The quantitative estimate of drug-likeness (QED) is 0.676. The number of nitrogens with one attached hydrogen (secondary N) is 1. The van der Waals surface area contributed by atoms with Gasteiger partial charge in [-0.2, -0.15) is 11.8 Å². The molecule has 4 rings (SSSR count). The number of likely N-dealkylation sites (tertiary alicyclic amines) is 1. The van der Waals surface area contributed by atoms with Crippen LogP contribution in [0, 0.1) is 6.92 Å². The zero-order chi connectivity index (χ0) is 21.8. The zero-order valence-corrected chi connectivity index (χ0v) is 19.9. The first-order chi connectivity index (χ1) is 15.0. The predicted molar refractivity (Wildman–Crippen MR) is 132 cm³/mol. The Labute approximate surface area is 194 Å². The van der Waals surface area contributed by atoms with Crippen LogP contribution in [0.1, 0.15) is 41.6 Å². The molecule has 0 unspecified atom stereocenters. The van der Waals surface area contributed by atoms with Crippen LogP contribution in [0.3, 0.4) is 0 Å². The molecule has 2 aromatic rings. The number of amides is 1. The van der Waals surface area contributed by atoms with Crippen molar-refractivity contribution in [2.24, 2.45) is 0 Å². The molecule has 166 valence electrons. The Hall–Kier alpha value is -1.76. The lowest BCUT2D eigenvalue weighted by Gasteiger charge is -2.42. The number of piperidine rings is 1. The minimum atomic E-state index is -0.183. The van der Waals surface area contributed by atoms with Crippen LogP contribution in [-0.2, 0) is 0 Å². The number of thioether (sulfide) groups is 1. The number of aromatic nitrogens is 1. The molecule has 2 fully saturated rings. The van der Waals surface area contributed by atoms with Crippen LogP contribution < -0.4 is 10.2 Å². The lowest BCUT2D eigenvalue weighted by molar-refractivity contribution is 0.102. The minimum Gasteiger partial charge on any atom is -0.371 e. The van der Waals surface area contributed by atoms with E-state index in [4.69, 9.17) is 11.6 Å². The largest absolute Gasteiger partial charge is 0.371 e. The molecule has 0 atom stereocenters. The molecule has 31 heavy (non-hydrogen) atoms. The number of aryl methyl sites for hydroxylation is 1. The van der Waals surface area contributed by atoms with E-state index in [1.807, 2.05) is 31.2 Å². The number of rotatable bonds is 5. The standard InChI is InChI=1S/C24H31ClN4OS/c1-17-3-6-23(26-16-17)27-24(30)21-15-18(25)4-5-22(21)28(2)19-7-11-29(12-8-19)20-9-13-31-14-10-20/h3-6,15-16,19-20H,7-14H2,1-2H3,(H,26,27,30). The highest BCUT2D eigenvalue weighted by Crippen LogP contribution is 2.30. The van der Waals surface area contributed by atoms with Gasteiger partial charge in [0.15, 0.2) is 0 Å². The molecule has 0 saturated carbocycles. The van der Waals surface area contributed by atoms with Gasteiger partial charge in [0.05, 0.1) is 5.56 Å². The van der Waals surface area contributed by atoms with Crippen LogP contribution >= 0.6 is 23.4 Å². The van der Waals surface area contributed by atoms with Gasteiger partial charge in [-0.15, -0.1) is 0 Å². The van der Waals surface area contributed by atoms with E-state index in [-0.39, 0.29) is 5.91 Å². The molecular formula is C24H31ClN4OS. The van der Waals surface area contributed by atoms with Crippen molar-refractivity contribution in [3.63, 3.8) is 0 Å². The van der Waals surface area contributed by atoms with Crippen molar-refractivity contribution in [1.29, 1.82) is 0 Å². The lowest BCUT2D eigenvalue weighted by atomic mass is 9.98. The molecule has 3 heterocycles. The number of nitrogens with zero attached hydrogens (tertiary/aromatic N) is 3. The normalized spacial score (nSPS) is 18.7. The summed E-state index contributed by atoms with van der Waals surface area (Å²) >= 11 is 8.34. The maximum Gasteiger partial charge on any atom is 0.258 e. The summed E-state index contributed by atoms with van der Waals surface area (Å²) in [6, 6.07) is 10.5. The van der Waals surface area contributed by atoms with Gasteiger partial charge in [0.1, 0.15) is 5.82 Å². The SMILES string of the molecule is Cc1ccc(NC(=O)c2cc(Cl)ccc2N(C)C2CCN(C3CCSCC3)CC2)nc1. The van der Waals surface area contributed by atoms with Gasteiger partial charge in [0.2, 0.25) is 0 Å². The van der Waals surface area contributed by atoms with Gasteiger partial charge in [-0.05, 0) is 73.9 Å². The highest BCUT2D eigenvalue weighted by atomic mass is 35.5. The summed E-state index contributed by atoms with van der Waals surface area (Å²) in [4.78, 5) is 22.3. The summed E-state index contributed by atoms with van der Waals surface area (Å²) < 4.78 is 0. The van der Waals surface area contributed by atoms with Crippen LogP contribution in [0.2, 0.25) is 5.02 Å². The van der Waals surface area contributed by atoms with Crippen molar-refractivity contribution >= 4 is 40.8 Å². The number of hydrogen-bond acceptors (Lipinski definition) is 5. The fraction of sp³-hybridized carbons (Fsp3) is 0.500. The van der Waals surface area contributed by atoms with Gasteiger partial charge in [-0.1, -0.05) is 17.7 Å². The van der Waals surface area contributed by atoms with Crippen molar-refractivity contribution in [3.8, 4) is 0 Å². The third-order valence-electron chi connectivity index (χ3n) is 6.49. The van der Waals surface area contributed by atoms with E-state index in [9.17, 15) is 4.79 Å². The Balaban J connectivity index is 1.45. The molecule has 1 N–H and O–H groups in total. The third kappa shape index (κ3) is 5.54. The predicted octanol–water partition coefficient (Wildman–Crippen LogP) is 5.09. The summed E-state index contributed by atoms with van der Waals surface area (Å²) in [5.74, 6) is 2.95. The Kier molecular flexibility index (Phi) is 7.41. The highest BCUT2D eigenvalue weighted by Gasteiger charge is 2.29. The molecule has 1 aromatic carbocycles. The van der Waals surface area contributed by atoms with E-state index < -0.39 is 0 Å². The van der Waals surface area contributed by atoms with Gasteiger partial charge in [-0.3, -0.25) is 4.79 Å². The molecule has 0 radical (unpaired) electrons. The van der Waals surface area contributed by atoms with E-state index in [1.165, 1.54) is 24.3 Å². The second-order valence-electron chi connectivity index (χ2n) is 8.56. The monoisotopic (exact) mass is 458 g/mol. The minimum absolute atomic E-state index is 0.183. The average Bonchev–Trinajstić information content (AvgIpc) is 2.81. The molecule has 0 spiro atoms. The molecular weight excluding hydrogens is 428 g/mol. The fourth-order valence-corrected chi connectivity index (χ4v) is 5.86. The summed E-state index contributed by atoms with van der Waals surface area (Å²) in [5, 5.41) is 3.47. The molecule has 1 aromatic heterocycles. The van der Waals surface area contributed by atoms with Crippen LogP contribution in [0.5, 0.6) is 0 Å². The molecule has 2 aliphatic rings. The Morgan fingerprint density at radius 2 is 1.90 bits per heavy atom. The van der Waals surface area contributed by atoms with Crippen LogP contribution in [0.4, 0.5) is 11.5 Å². The number of hydrogen-bond donors (Lipinski definition) is 1. The van der Waals surface area contributed by atoms with Crippen molar-refractivity contribution in [2.75, 3.05) is 41.9 Å². The van der Waals surface area contributed by atoms with E-state index in [0.717, 1.165) is 43.2 Å². The number of benzene rings is 1. The van der Waals surface area contributed by atoms with Crippen molar-refractivity contribution in [3.05, 3.63) is 52.7 Å². The van der Waals surface area contributed by atoms with Gasteiger partial charge in [0.25, 0.3) is 5.91 Å². The summed E-state index contributed by atoms with van der Waals surface area (Å²) in [7, 11) is 2.10. The number of halogens is 1. The Morgan fingerprint density at radius 1 is 1.16 bits per heavy atom. The second-order valence-corrected chi connectivity index (χ2v) is 10.2. The summed E-state index contributed by atoms with van der Waals surface area (Å²) in [6.45, 7) is 4.24. The van der Waals surface area contributed by atoms with Crippen LogP contribution in [0.25, 0.3) is 0 Å². The number of carbonyl (C=O) groups excluding carboxylic acids is 1. The summed E-state index contributed by atoms with van der Waals surface area (Å²) in [6.07, 6.45) is 6.62. The maximum atomic E-state index is 13.1. The first-order valence-corrected chi connectivity index (χ1v) is 12.6. The molecule has 2 aliphatic heterocycles. The first kappa shape index (κ1) is 22.4. The Morgan fingerprint density at radius 3 is 2.58 bits per heavy atom. The highest BCUT2D eigenvalue weighted by molar-refractivity contribution is 7.99. The van der Waals surface area contributed by atoms with E-state index >= 15 is 0 Å². The first-order valence-electron chi connectivity index (χ1n) is 11.1. The molecule has 2 saturated heterocycles. The van der Waals surface area contributed by atoms with Crippen molar-refractivity contribution in [1.82, 2.24) is 9.88 Å². The number of pyridine rings is 1. The number of carbonyl (C=O) groups is 1. The molecule has 0 aliphatic carbocycles. The molecule has 7 heteroatoms.